The Balaban J connectivity index is 2.68. The van der Waals surface area contributed by atoms with E-state index in [9.17, 15) is 0 Å². The second kappa shape index (κ2) is 6.27. The van der Waals surface area contributed by atoms with Gasteiger partial charge in [0.1, 0.15) is 0 Å². The highest BCUT2D eigenvalue weighted by atomic mass is 35.5. The number of rotatable bonds is 4. The molecular formula is C15H23Cl2N. The van der Waals surface area contributed by atoms with Crippen LogP contribution >= 0.6 is 23.2 Å². The molecule has 102 valence electrons. The third kappa shape index (κ3) is 4.46. The summed E-state index contributed by atoms with van der Waals surface area (Å²) in [5.41, 5.74) is 7.47. The highest BCUT2D eigenvalue weighted by molar-refractivity contribution is 6.35. The fourth-order valence-electron chi connectivity index (χ4n) is 1.88. The largest absolute Gasteiger partial charge is 0.327 e. The van der Waals surface area contributed by atoms with Crippen LogP contribution in [0.5, 0.6) is 0 Å². The van der Waals surface area contributed by atoms with Gasteiger partial charge in [-0.3, -0.25) is 0 Å². The van der Waals surface area contributed by atoms with Gasteiger partial charge in [-0.15, -0.1) is 0 Å². The Labute approximate surface area is 121 Å². The first kappa shape index (κ1) is 15.8. The fourth-order valence-corrected chi connectivity index (χ4v) is 2.43. The molecule has 0 amide bonds. The SMILES string of the molecule is CC(CC(N)Cc1c(Cl)cccc1Cl)C(C)(C)C. The Morgan fingerprint density at radius 2 is 1.67 bits per heavy atom. The van der Waals surface area contributed by atoms with E-state index in [-0.39, 0.29) is 11.5 Å². The lowest BCUT2D eigenvalue weighted by Gasteiger charge is -2.29. The molecule has 0 fully saturated rings. The quantitative estimate of drug-likeness (QED) is 0.834. The minimum Gasteiger partial charge on any atom is -0.327 e. The van der Waals surface area contributed by atoms with Crippen molar-refractivity contribution in [1.82, 2.24) is 0 Å². The van der Waals surface area contributed by atoms with Crippen LogP contribution in [0.25, 0.3) is 0 Å². The van der Waals surface area contributed by atoms with Gasteiger partial charge in [-0.05, 0) is 41.9 Å². The highest BCUT2D eigenvalue weighted by Gasteiger charge is 2.22. The van der Waals surface area contributed by atoms with E-state index in [1.807, 2.05) is 18.2 Å². The molecule has 0 aromatic heterocycles. The van der Waals surface area contributed by atoms with E-state index >= 15 is 0 Å². The van der Waals surface area contributed by atoms with Crippen molar-refractivity contribution in [2.24, 2.45) is 17.1 Å². The third-order valence-electron chi connectivity index (χ3n) is 3.66. The Hall–Kier alpha value is -0.240. The van der Waals surface area contributed by atoms with Crippen molar-refractivity contribution < 1.29 is 0 Å². The summed E-state index contributed by atoms with van der Waals surface area (Å²) in [6.45, 7) is 8.97. The smallest absolute Gasteiger partial charge is 0.0453 e. The maximum Gasteiger partial charge on any atom is 0.0453 e. The minimum absolute atomic E-state index is 0.0941. The summed E-state index contributed by atoms with van der Waals surface area (Å²) in [4.78, 5) is 0. The summed E-state index contributed by atoms with van der Waals surface area (Å²) in [5.74, 6) is 0.564. The first-order chi connectivity index (χ1) is 8.21. The van der Waals surface area contributed by atoms with Crippen molar-refractivity contribution >= 4 is 23.2 Å². The van der Waals surface area contributed by atoms with Crippen molar-refractivity contribution in [1.29, 1.82) is 0 Å². The van der Waals surface area contributed by atoms with Crippen molar-refractivity contribution in [2.45, 2.75) is 46.6 Å². The summed E-state index contributed by atoms with van der Waals surface area (Å²) in [6.07, 6.45) is 1.71. The van der Waals surface area contributed by atoms with Crippen LogP contribution in [0.3, 0.4) is 0 Å². The first-order valence-electron chi connectivity index (χ1n) is 6.40. The minimum atomic E-state index is 0.0941. The average Bonchev–Trinajstić information content (AvgIpc) is 2.22. The van der Waals surface area contributed by atoms with E-state index in [0.29, 0.717) is 16.0 Å². The number of halogens is 2. The van der Waals surface area contributed by atoms with Crippen LogP contribution in [-0.2, 0) is 6.42 Å². The lowest BCUT2D eigenvalue weighted by atomic mass is 9.78. The third-order valence-corrected chi connectivity index (χ3v) is 4.37. The van der Waals surface area contributed by atoms with Gasteiger partial charge < -0.3 is 5.73 Å². The zero-order valence-electron chi connectivity index (χ0n) is 11.6. The normalized spacial score (nSPS) is 15.5. The molecule has 3 heteroatoms. The van der Waals surface area contributed by atoms with E-state index in [1.54, 1.807) is 0 Å². The molecule has 0 bridgehead atoms. The van der Waals surface area contributed by atoms with E-state index in [4.69, 9.17) is 28.9 Å². The Morgan fingerprint density at radius 1 is 1.17 bits per heavy atom. The van der Waals surface area contributed by atoms with Crippen LogP contribution in [0.2, 0.25) is 10.0 Å². The topological polar surface area (TPSA) is 26.0 Å². The van der Waals surface area contributed by atoms with Crippen LogP contribution in [-0.4, -0.2) is 6.04 Å². The van der Waals surface area contributed by atoms with Gasteiger partial charge in [-0.2, -0.15) is 0 Å². The molecule has 1 rings (SSSR count). The molecule has 0 saturated heterocycles. The average molecular weight is 288 g/mol. The number of hydrogen-bond donors (Lipinski definition) is 1. The fraction of sp³-hybridized carbons (Fsp3) is 0.600. The molecule has 0 aliphatic rings. The monoisotopic (exact) mass is 287 g/mol. The zero-order chi connectivity index (χ0) is 13.9. The van der Waals surface area contributed by atoms with Crippen LogP contribution in [0.15, 0.2) is 18.2 Å². The molecule has 0 spiro atoms. The lowest BCUT2D eigenvalue weighted by molar-refractivity contribution is 0.233. The summed E-state index contributed by atoms with van der Waals surface area (Å²) in [7, 11) is 0. The van der Waals surface area contributed by atoms with Gasteiger partial charge in [0.25, 0.3) is 0 Å². The molecule has 2 atom stereocenters. The van der Waals surface area contributed by atoms with Crippen molar-refractivity contribution in [2.75, 3.05) is 0 Å². The Bertz CT molecular complexity index is 376. The number of benzene rings is 1. The van der Waals surface area contributed by atoms with Gasteiger partial charge >= 0.3 is 0 Å². The van der Waals surface area contributed by atoms with E-state index in [1.165, 1.54) is 0 Å². The standard InChI is InChI=1S/C15H23Cl2N/c1-10(15(2,3)4)8-11(18)9-12-13(16)6-5-7-14(12)17/h5-7,10-11H,8-9,18H2,1-4H3. The lowest BCUT2D eigenvalue weighted by Crippen LogP contribution is -2.30. The summed E-state index contributed by atoms with van der Waals surface area (Å²) >= 11 is 12.3. The van der Waals surface area contributed by atoms with Gasteiger partial charge in [0.15, 0.2) is 0 Å². The van der Waals surface area contributed by atoms with Crippen LogP contribution < -0.4 is 5.73 Å². The maximum atomic E-state index is 6.22. The molecule has 1 nitrogen and oxygen atoms in total. The molecule has 0 aliphatic heterocycles. The number of nitrogens with two attached hydrogens (primary N) is 1. The molecule has 0 heterocycles. The maximum absolute atomic E-state index is 6.22. The Morgan fingerprint density at radius 3 is 2.11 bits per heavy atom. The molecule has 0 aliphatic carbocycles. The summed E-state index contributed by atoms with van der Waals surface area (Å²) in [6, 6.07) is 5.68. The summed E-state index contributed by atoms with van der Waals surface area (Å²) < 4.78 is 0. The number of hydrogen-bond acceptors (Lipinski definition) is 1. The zero-order valence-corrected chi connectivity index (χ0v) is 13.1. The highest BCUT2D eigenvalue weighted by Crippen LogP contribution is 2.31. The molecule has 0 saturated carbocycles. The van der Waals surface area contributed by atoms with Gasteiger partial charge in [0, 0.05) is 16.1 Å². The van der Waals surface area contributed by atoms with E-state index in [0.717, 1.165) is 18.4 Å². The van der Waals surface area contributed by atoms with Crippen molar-refractivity contribution in [3.8, 4) is 0 Å². The van der Waals surface area contributed by atoms with Crippen molar-refractivity contribution in [3.63, 3.8) is 0 Å². The van der Waals surface area contributed by atoms with Gasteiger partial charge in [-0.25, -0.2) is 0 Å². The molecular weight excluding hydrogens is 265 g/mol. The van der Waals surface area contributed by atoms with Gasteiger partial charge in [-0.1, -0.05) is 57.0 Å². The van der Waals surface area contributed by atoms with Crippen molar-refractivity contribution in [3.05, 3.63) is 33.8 Å². The molecule has 1 aromatic rings. The second-order valence-corrected chi connectivity index (χ2v) is 6.98. The molecule has 18 heavy (non-hydrogen) atoms. The second-order valence-electron chi connectivity index (χ2n) is 6.17. The Kier molecular flexibility index (Phi) is 5.51. The summed E-state index contributed by atoms with van der Waals surface area (Å²) in [5, 5.41) is 1.42. The van der Waals surface area contributed by atoms with E-state index in [2.05, 4.69) is 27.7 Å². The van der Waals surface area contributed by atoms with Gasteiger partial charge in [0.2, 0.25) is 0 Å². The van der Waals surface area contributed by atoms with Crippen LogP contribution in [0.1, 0.15) is 39.7 Å². The van der Waals surface area contributed by atoms with Crippen LogP contribution in [0.4, 0.5) is 0 Å². The molecule has 0 radical (unpaired) electrons. The molecule has 2 unspecified atom stereocenters. The predicted molar refractivity (Wildman–Crippen MR) is 81.4 cm³/mol. The molecule has 2 N–H and O–H groups in total. The predicted octanol–water partition coefficient (Wildman–Crippen LogP) is 4.94. The molecule has 1 aromatic carbocycles. The van der Waals surface area contributed by atoms with E-state index < -0.39 is 0 Å². The van der Waals surface area contributed by atoms with Crippen LogP contribution in [0, 0.1) is 11.3 Å². The first-order valence-corrected chi connectivity index (χ1v) is 7.16. The van der Waals surface area contributed by atoms with Gasteiger partial charge in [0.05, 0.1) is 0 Å².